The van der Waals surface area contributed by atoms with Crippen molar-refractivity contribution in [1.82, 2.24) is 10.6 Å². The fourth-order valence-corrected chi connectivity index (χ4v) is 14.6. The molecule has 0 spiro atoms. The van der Waals surface area contributed by atoms with Gasteiger partial charge in [-0.15, -0.1) is 0 Å². The van der Waals surface area contributed by atoms with Gasteiger partial charge in [-0.25, -0.2) is 4.79 Å². The first-order chi connectivity index (χ1) is 50.4. The zero-order valence-electron chi connectivity index (χ0n) is 64.6. The van der Waals surface area contributed by atoms with Crippen LogP contribution in [0.15, 0.2) is 24.3 Å². The highest BCUT2D eigenvalue weighted by molar-refractivity contribution is 5.77. The summed E-state index contributed by atoms with van der Waals surface area (Å²) in [5.74, 6) is -6.10. The predicted octanol–water partition coefficient (Wildman–Crippen LogP) is 11.5. The normalized spacial score (nSPS) is 26.5. The molecule has 0 radical (unpaired) electrons. The lowest BCUT2D eigenvalue weighted by Gasteiger charge is -2.50. The van der Waals surface area contributed by atoms with Crippen molar-refractivity contribution in [2.24, 2.45) is 0 Å². The molecule has 610 valence electrons. The third-order valence-electron chi connectivity index (χ3n) is 21.2. The van der Waals surface area contributed by atoms with E-state index in [0.29, 0.717) is 19.3 Å². The van der Waals surface area contributed by atoms with E-state index in [-0.39, 0.29) is 18.9 Å². The first-order valence-corrected chi connectivity index (χ1v) is 41.7. The number of carbonyl (C=O) groups is 3. The van der Waals surface area contributed by atoms with Gasteiger partial charge >= 0.3 is 5.97 Å². The van der Waals surface area contributed by atoms with Crippen molar-refractivity contribution >= 4 is 17.8 Å². The molecule has 3 saturated heterocycles. The topological polar surface area (TPSA) is 373 Å². The molecule has 0 aromatic heterocycles. The Kier molecular flexibility index (Phi) is 55.0. The number of hydrogen-bond acceptors (Lipinski definition) is 20. The lowest BCUT2D eigenvalue weighted by Crippen LogP contribution is -2.70. The summed E-state index contributed by atoms with van der Waals surface area (Å²) in [6.45, 7) is 2.26. The third-order valence-corrected chi connectivity index (χ3v) is 21.2. The van der Waals surface area contributed by atoms with Crippen LogP contribution in [0.4, 0.5) is 0 Å². The molecule has 0 saturated carbocycles. The molecule has 14 N–H and O–H groups in total. The van der Waals surface area contributed by atoms with E-state index in [1.54, 1.807) is 0 Å². The highest BCUT2D eigenvalue weighted by Crippen LogP contribution is 2.39. The largest absolute Gasteiger partial charge is 0.477 e. The molecule has 23 heteroatoms. The van der Waals surface area contributed by atoms with E-state index in [2.05, 4.69) is 48.8 Å². The Balaban J connectivity index is 1.50. The number of nitrogens with one attached hydrogen (secondary N) is 2. The fourth-order valence-electron chi connectivity index (χ4n) is 14.6. The molecule has 23 nitrogen and oxygen atoms in total. The standard InChI is InChI=1S/C81H150N2O21/c1-4-6-8-10-12-14-16-18-20-22-24-26-28-29-30-31-33-35-37-39-41-43-45-47-49-51-53-55-68(91)83-62(63(88)54-52-50-48-46-44-42-40-38-36-34-32-27-25-23-21-19-17-15-13-11-9-7-5-2)60-99-78-73(95)72(94)75(67(59-86)101-78)102-79-74(96)77(71(93)66(58-85)100-79)104-81(80(97)98)56-64(89)69(82-61(3)87)76(103-81)70(92)65(90)57-84/h24,26,29-30,62-67,69-79,84-86,88-90,92-96H,4-23,25,27-28,31-60H2,1-3H3,(H,82,87)(H,83,91)(H,97,98)/b26-24-,30-29-. The Morgan fingerprint density at radius 1 is 0.500 bits per heavy atom. The summed E-state index contributed by atoms with van der Waals surface area (Å²) >= 11 is 0. The second-order valence-electron chi connectivity index (χ2n) is 30.3. The molecule has 3 fully saturated rings. The molecular formula is C81H150N2O21. The minimum atomic E-state index is -3.08. The number of carboxylic acids is 1. The minimum absolute atomic E-state index is 0.222. The van der Waals surface area contributed by atoms with Crippen LogP contribution in [0.1, 0.15) is 335 Å². The average Bonchev–Trinajstić information content (AvgIpc) is 0.754. The summed E-state index contributed by atoms with van der Waals surface area (Å²) < 4.78 is 35.0. The first-order valence-electron chi connectivity index (χ1n) is 41.7. The molecule has 0 aromatic rings. The number of aliphatic hydroxyl groups is 11. The van der Waals surface area contributed by atoms with Crippen LogP contribution in [0.2, 0.25) is 0 Å². The minimum Gasteiger partial charge on any atom is -0.477 e. The number of hydrogen-bond donors (Lipinski definition) is 14. The van der Waals surface area contributed by atoms with Crippen LogP contribution in [0, 0.1) is 0 Å². The van der Waals surface area contributed by atoms with Gasteiger partial charge in [-0.3, -0.25) is 9.59 Å². The summed E-state index contributed by atoms with van der Waals surface area (Å²) in [7, 11) is 0. The number of ether oxygens (including phenoxy) is 6. The predicted molar refractivity (Wildman–Crippen MR) is 403 cm³/mol. The van der Waals surface area contributed by atoms with Gasteiger partial charge in [0.25, 0.3) is 5.79 Å². The van der Waals surface area contributed by atoms with Crippen LogP contribution in [-0.4, -0.2) is 215 Å². The summed E-state index contributed by atoms with van der Waals surface area (Å²) in [4.78, 5) is 38.7. The van der Waals surface area contributed by atoms with Crippen LogP contribution < -0.4 is 10.6 Å². The third kappa shape index (κ3) is 39.7. The van der Waals surface area contributed by atoms with Gasteiger partial charge in [0, 0.05) is 19.8 Å². The van der Waals surface area contributed by atoms with Gasteiger partial charge < -0.3 is 100 Å². The molecule has 18 unspecified atom stereocenters. The van der Waals surface area contributed by atoms with Crippen molar-refractivity contribution in [1.29, 1.82) is 0 Å². The zero-order valence-corrected chi connectivity index (χ0v) is 64.6. The van der Waals surface area contributed by atoms with Gasteiger partial charge in [0.2, 0.25) is 11.8 Å². The van der Waals surface area contributed by atoms with Crippen LogP contribution in [0.25, 0.3) is 0 Å². The molecule has 3 aliphatic heterocycles. The lowest BCUT2D eigenvalue weighted by molar-refractivity contribution is -0.386. The summed E-state index contributed by atoms with van der Waals surface area (Å²) in [5.41, 5.74) is 0. The second kappa shape index (κ2) is 60.0. The number of allylic oxidation sites excluding steroid dienone is 4. The second-order valence-corrected chi connectivity index (χ2v) is 30.3. The number of aliphatic hydroxyl groups excluding tert-OH is 11. The maximum Gasteiger partial charge on any atom is 0.364 e. The van der Waals surface area contributed by atoms with E-state index in [1.165, 1.54) is 218 Å². The average molecular weight is 1490 g/mol. The van der Waals surface area contributed by atoms with Crippen molar-refractivity contribution in [3.05, 3.63) is 24.3 Å². The van der Waals surface area contributed by atoms with Crippen molar-refractivity contribution in [2.45, 2.75) is 445 Å². The Bertz CT molecular complexity index is 2170. The molecule has 18 atom stereocenters. The van der Waals surface area contributed by atoms with Crippen molar-refractivity contribution in [3.8, 4) is 0 Å². The number of rotatable bonds is 66. The Hall–Kier alpha value is -2.79. The van der Waals surface area contributed by atoms with Crippen LogP contribution in [0.3, 0.4) is 0 Å². The molecule has 2 amide bonds. The van der Waals surface area contributed by atoms with Crippen LogP contribution in [-0.2, 0) is 42.8 Å². The number of amides is 2. The van der Waals surface area contributed by atoms with Gasteiger partial charge in [0.05, 0.1) is 50.7 Å². The van der Waals surface area contributed by atoms with E-state index < -0.39 is 148 Å². The monoisotopic (exact) mass is 1490 g/mol. The molecule has 3 aliphatic rings. The van der Waals surface area contributed by atoms with Gasteiger partial charge in [-0.2, -0.15) is 0 Å². The Morgan fingerprint density at radius 3 is 1.35 bits per heavy atom. The summed E-state index contributed by atoms with van der Waals surface area (Å²) in [6.07, 6.45) is 37.4. The molecule has 0 aromatic carbocycles. The van der Waals surface area contributed by atoms with Gasteiger partial charge in [-0.1, -0.05) is 295 Å². The SMILES string of the molecule is CCCCCCCCCCC/C=C\C/C=C\CCCCCCCCCCCCCC(=O)NC(COC1OC(CO)C(OC2OC(CO)C(O)C(OC3(C(=O)O)CC(O)C(NC(C)=O)C(C(O)C(O)CO)O3)C2O)C(O)C1O)C(O)CCCCCCCCCCCCCCCCCCCCCCCCC. The number of carboxylic acid groups (broad SMARTS) is 1. The number of carbonyl (C=O) groups excluding carboxylic acids is 2. The molecular weight excluding hydrogens is 1340 g/mol. The number of unbranched alkanes of at least 4 members (excludes halogenated alkanes) is 42. The Morgan fingerprint density at radius 2 is 0.923 bits per heavy atom. The summed E-state index contributed by atoms with van der Waals surface area (Å²) in [6, 6.07) is -2.53. The van der Waals surface area contributed by atoms with Crippen molar-refractivity contribution in [3.63, 3.8) is 0 Å². The first kappa shape index (κ1) is 95.4. The van der Waals surface area contributed by atoms with E-state index >= 15 is 0 Å². The smallest absolute Gasteiger partial charge is 0.364 e. The lowest BCUT2D eigenvalue weighted by atomic mass is 9.88. The van der Waals surface area contributed by atoms with Gasteiger partial charge in [-0.05, 0) is 44.9 Å². The highest BCUT2D eigenvalue weighted by atomic mass is 16.8. The molecule has 0 bridgehead atoms. The van der Waals surface area contributed by atoms with E-state index in [0.717, 1.165) is 71.1 Å². The van der Waals surface area contributed by atoms with Crippen LogP contribution >= 0.6 is 0 Å². The van der Waals surface area contributed by atoms with Gasteiger partial charge in [0.15, 0.2) is 12.6 Å². The fraction of sp³-hybridized carbons (Fsp3) is 0.914. The summed E-state index contributed by atoms with van der Waals surface area (Å²) in [5, 5.41) is 137. The zero-order chi connectivity index (χ0) is 76.0. The number of aliphatic carboxylic acids is 1. The van der Waals surface area contributed by atoms with Crippen molar-refractivity contribution < 1.29 is 104 Å². The highest BCUT2D eigenvalue weighted by Gasteiger charge is 2.60. The molecule has 0 aliphatic carbocycles. The molecule has 104 heavy (non-hydrogen) atoms. The van der Waals surface area contributed by atoms with Crippen LogP contribution in [0.5, 0.6) is 0 Å². The molecule has 3 heterocycles. The van der Waals surface area contributed by atoms with E-state index in [9.17, 15) is 75.7 Å². The maximum absolute atomic E-state index is 13.6. The Labute approximate surface area is 625 Å². The van der Waals surface area contributed by atoms with Gasteiger partial charge in [0.1, 0.15) is 67.1 Å². The van der Waals surface area contributed by atoms with E-state index in [1.807, 2.05) is 0 Å². The maximum atomic E-state index is 13.6. The van der Waals surface area contributed by atoms with Crippen molar-refractivity contribution in [2.75, 3.05) is 26.4 Å². The quantitative estimate of drug-likeness (QED) is 0.0199. The van der Waals surface area contributed by atoms with E-state index in [4.69, 9.17) is 28.4 Å². The molecule has 3 rings (SSSR count).